The van der Waals surface area contributed by atoms with Gasteiger partial charge in [-0.15, -0.1) is 0 Å². The van der Waals surface area contributed by atoms with Crippen molar-refractivity contribution in [3.8, 4) is 0 Å². The molecule has 2 rings (SSSR count). The minimum Gasteiger partial charge on any atom is -0.398 e. The fraction of sp³-hybridized carbons (Fsp3) is 0.500. The molecule has 1 saturated carbocycles. The number of nitrogen functional groups attached to an aromatic ring is 1. The Kier molecular flexibility index (Phi) is 4.04. The van der Waals surface area contributed by atoms with Crippen LogP contribution in [0.2, 0.25) is 0 Å². The van der Waals surface area contributed by atoms with Gasteiger partial charge in [-0.3, -0.25) is 4.79 Å². The van der Waals surface area contributed by atoms with Gasteiger partial charge in [0.15, 0.2) is 0 Å². The lowest BCUT2D eigenvalue weighted by Gasteiger charge is -2.14. The third-order valence-electron chi connectivity index (χ3n) is 3.70. The summed E-state index contributed by atoms with van der Waals surface area (Å²) in [5.74, 6) is -0.737. The molecule has 0 radical (unpaired) electrons. The molecule has 104 valence electrons. The van der Waals surface area contributed by atoms with Crippen LogP contribution < -0.4 is 11.1 Å². The van der Waals surface area contributed by atoms with Gasteiger partial charge in [0.1, 0.15) is 5.82 Å². The number of nitrogens with one attached hydrogen (secondary N) is 1. The first-order valence-corrected chi connectivity index (χ1v) is 6.40. The molecule has 0 aromatic heterocycles. The van der Waals surface area contributed by atoms with Gasteiger partial charge < -0.3 is 15.8 Å². The SMILES string of the molecule is COC1CCC(NC(=O)c2cc(N)c(C)c(F)c2)C1. The Labute approximate surface area is 112 Å². The zero-order valence-electron chi connectivity index (χ0n) is 11.2. The fourth-order valence-corrected chi connectivity index (χ4v) is 2.39. The molecule has 4 nitrogen and oxygen atoms in total. The van der Waals surface area contributed by atoms with Gasteiger partial charge in [0, 0.05) is 30.0 Å². The highest BCUT2D eigenvalue weighted by atomic mass is 19.1. The third-order valence-corrected chi connectivity index (χ3v) is 3.70. The van der Waals surface area contributed by atoms with E-state index in [2.05, 4.69) is 5.32 Å². The number of hydrogen-bond donors (Lipinski definition) is 2. The highest BCUT2D eigenvalue weighted by Crippen LogP contribution is 2.22. The second-order valence-corrected chi connectivity index (χ2v) is 5.01. The molecule has 1 aromatic rings. The van der Waals surface area contributed by atoms with Gasteiger partial charge in [0.25, 0.3) is 5.91 Å². The number of hydrogen-bond acceptors (Lipinski definition) is 3. The lowest BCUT2D eigenvalue weighted by molar-refractivity contribution is 0.0914. The molecule has 1 amide bonds. The molecule has 1 aromatic carbocycles. The quantitative estimate of drug-likeness (QED) is 0.823. The van der Waals surface area contributed by atoms with Crippen LogP contribution in [0.15, 0.2) is 12.1 Å². The third kappa shape index (κ3) is 3.04. The lowest BCUT2D eigenvalue weighted by Crippen LogP contribution is -2.33. The van der Waals surface area contributed by atoms with Crippen LogP contribution in [0.25, 0.3) is 0 Å². The molecule has 0 heterocycles. The monoisotopic (exact) mass is 266 g/mol. The molecule has 2 unspecified atom stereocenters. The lowest BCUT2D eigenvalue weighted by atomic mass is 10.1. The molecule has 0 bridgehead atoms. The van der Waals surface area contributed by atoms with Crippen LogP contribution in [0.3, 0.4) is 0 Å². The number of anilines is 1. The largest absolute Gasteiger partial charge is 0.398 e. The summed E-state index contributed by atoms with van der Waals surface area (Å²) in [6.07, 6.45) is 2.82. The van der Waals surface area contributed by atoms with Crippen molar-refractivity contribution in [2.24, 2.45) is 0 Å². The standard InChI is InChI=1S/C14H19FN2O2/c1-8-12(15)5-9(6-13(8)16)14(18)17-10-3-4-11(7-10)19-2/h5-6,10-11H,3-4,7,16H2,1-2H3,(H,17,18). The molecule has 0 aliphatic heterocycles. The van der Waals surface area contributed by atoms with Gasteiger partial charge in [0.05, 0.1) is 6.10 Å². The van der Waals surface area contributed by atoms with E-state index in [-0.39, 0.29) is 23.6 Å². The van der Waals surface area contributed by atoms with Crippen LogP contribution in [-0.2, 0) is 4.74 Å². The molecule has 0 spiro atoms. The van der Waals surface area contributed by atoms with Crippen molar-refractivity contribution in [3.05, 3.63) is 29.1 Å². The first-order valence-electron chi connectivity index (χ1n) is 6.40. The van der Waals surface area contributed by atoms with E-state index in [0.717, 1.165) is 19.3 Å². The zero-order valence-corrected chi connectivity index (χ0v) is 11.2. The van der Waals surface area contributed by atoms with Crippen LogP contribution in [0.1, 0.15) is 35.2 Å². The van der Waals surface area contributed by atoms with Crippen molar-refractivity contribution >= 4 is 11.6 Å². The fourth-order valence-electron chi connectivity index (χ4n) is 2.39. The van der Waals surface area contributed by atoms with Gasteiger partial charge in [-0.1, -0.05) is 0 Å². The Morgan fingerprint density at radius 1 is 1.47 bits per heavy atom. The van der Waals surface area contributed by atoms with Crippen molar-refractivity contribution in [2.75, 3.05) is 12.8 Å². The molecule has 1 aliphatic rings. The van der Waals surface area contributed by atoms with E-state index in [1.54, 1.807) is 14.0 Å². The highest BCUT2D eigenvalue weighted by Gasteiger charge is 2.26. The molecular formula is C14H19FN2O2. The van der Waals surface area contributed by atoms with Crippen molar-refractivity contribution < 1.29 is 13.9 Å². The minimum atomic E-state index is -0.452. The zero-order chi connectivity index (χ0) is 14.0. The summed E-state index contributed by atoms with van der Waals surface area (Å²) in [4.78, 5) is 12.0. The number of benzene rings is 1. The van der Waals surface area contributed by atoms with Crippen LogP contribution in [0.5, 0.6) is 0 Å². The summed E-state index contributed by atoms with van der Waals surface area (Å²) in [7, 11) is 1.67. The number of ether oxygens (including phenoxy) is 1. The van der Waals surface area contributed by atoms with Crippen LogP contribution in [-0.4, -0.2) is 25.2 Å². The Morgan fingerprint density at radius 2 is 2.21 bits per heavy atom. The Morgan fingerprint density at radius 3 is 2.79 bits per heavy atom. The summed E-state index contributed by atoms with van der Waals surface area (Å²) in [6, 6.07) is 2.82. The van der Waals surface area contributed by atoms with E-state index in [0.29, 0.717) is 11.3 Å². The Balaban J connectivity index is 2.04. The van der Waals surface area contributed by atoms with E-state index in [1.807, 2.05) is 0 Å². The molecule has 1 aliphatic carbocycles. The van der Waals surface area contributed by atoms with Gasteiger partial charge in [-0.2, -0.15) is 0 Å². The number of carbonyl (C=O) groups excluding carboxylic acids is 1. The Bertz CT molecular complexity index is 467. The van der Waals surface area contributed by atoms with Crippen LogP contribution >= 0.6 is 0 Å². The van der Waals surface area contributed by atoms with Crippen molar-refractivity contribution in [3.63, 3.8) is 0 Å². The number of halogens is 1. The van der Waals surface area contributed by atoms with Crippen molar-refractivity contribution in [2.45, 2.75) is 38.3 Å². The molecule has 0 saturated heterocycles. The van der Waals surface area contributed by atoms with E-state index < -0.39 is 5.82 Å². The smallest absolute Gasteiger partial charge is 0.251 e. The van der Waals surface area contributed by atoms with Crippen molar-refractivity contribution in [1.82, 2.24) is 5.32 Å². The van der Waals surface area contributed by atoms with E-state index >= 15 is 0 Å². The predicted octanol–water partition coefficient (Wildman–Crippen LogP) is 2.01. The molecule has 2 atom stereocenters. The molecule has 19 heavy (non-hydrogen) atoms. The van der Waals surface area contributed by atoms with E-state index in [4.69, 9.17) is 10.5 Å². The number of nitrogens with two attached hydrogens (primary N) is 1. The molecular weight excluding hydrogens is 247 g/mol. The van der Waals surface area contributed by atoms with Gasteiger partial charge >= 0.3 is 0 Å². The minimum absolute atomic E-state index is 0.0861. The number of rotatable bonds is 3. The predicted molar refractivity (Wildman–Crippen MR) is 71.5 cm³/mol. The second-order valence-electron chi connectivity index (χ2n) is 5.01. The Hall–Kier alpha value is -1.62. The second kappa shape index (κ2) is 5.57. The summed E-state index contributed by atoms with van der Waals surface area (Å²) in [5.41, 5.74) is 6.61. The maximum Gasteiger partial charge on any atom is 0.251 e. The summed E-state index contributed by atoms with van der Waals surface area (Å²) in [6.45, 7) is 1.59. The molecule has 3 N–H and O–H groups in total. The maximum absolute atomic E-state index is 13.6. The summed E-state index contributed by atoms with van der Waals surface area (Å²) >= 11 is 0. The molecule has 1 fully saturated rings. The number of carbonyl (C=O) groups is 1. The van der Waals surface area contributed by atoms with E-state index in [9.17, 15) is 9.18 Å². The van der Waals surface area contributed by atoms with Gasteiger partial charge in [0.2, 0.25) is 0 Å². The first-order chi connectivity index (χ1) is 9.01. The normalized spacial score (nSPS) is 22.5. The average Bonchev–Trinajstić information content (AvgIpc) is 2.83. The first kappa shape index (κ1) is 13.8. The topological polar surface area (TPSA) is 64.3 Å². The number of methoxy groups -OCH3 is 1. The van der Waals surface area contributed by atoms with Gasteiger partial charge in [-0.25, -0.2) is 4.39 Å². The highest BCUT2D eigenvalue weighted by molar-refractivity contribution is 5.95. The van der Waals surface area contributed by atoms with Gasteiger partial charge in [-0.05, 0) is 38.3 Å². The van der Waals surface area contributed by atoms with Crippen molar-refractivity contribution in [1.29, 1.82) is 0 Å². The van der Waals surface area contributed by atoms with Crippen LogP contribution in [0.4, 0.5) is 10.1 Å². The van der Waals surface area contributed by atoms with Crippen LogP contribution in [0, 0.1) is 12.7 Å². The summed E-state index contributed by atoms with van der Waals surface area (Å²) in [5, 5.41) is 2.89. The summed E-state index contributed by atoms with van der Waals surface area (Å²) < 4.78 is 18.8. The molecule has 5 heteroatoms. The maximum atomic E-state index is 13.6. The number of amides is 1. The average molecular weight is 266 g/mol. The van der Waals surface area contributed by atoms with E-state index in [1.165, 1.54) is 12.1 Å².